The van der Waals surface area contributed by atoms with Gasteiger partial charge in [0.05, 0.1) is 19.1 Å². The molecule has 0 aliphatic rings. The number of esters is 1. The lowest BCUT2D eigenvalue weighted by atomic mass is 9.98. The van der Waals surface area contributed by atoms with Gasteiger partial charge in [-0.3, -0.25) is 4.79 Å². The first-order valence-corrected chi connectivity index (χ1v) is 7.67. The number of carbonyl (C=O) groups is 2. The van der Waals surface area contributed by atoms with Crippen LogP contribution in [-0.2, 0) is 16.0 Å². The van der Waals surface area contributed by atoms with Crippen LogP contribution in [0.3, 0.4) is 0 Å². The Morgan fingerprint density at radius 2 is 1.72 bits per heavy atom. The number of carbonyl (C=O) groups excluding carboxylic acids is 1. The van der Waals surface area contributed by atoms with Crippen LogP contribution in [0.25, 0.3) is 10.8 Å². The maximum absolute atomic E-state index is 12.0. The molecule has 0 aliphatic carbocycles. The van der Waals surface area contributed by atoms with Crippen molar-refractivity contribution in [1.29, 1.82) is 0 Å². The predicted octanol–water partition coefficient (Wildman–Crippen LogP) is 4.05. The topological polar surface area (TPSA) is 72.8 Å². The van der Waals surface area contributed by atoms with E-state index in [0.717, 1.165) is 5.39 Å². The van der Waals surface area contributed by atoms with E-state index in [0.29, 0.717) is 22.4 Å². The lowest BCUT2D eigenvalue weighted by molar-refractivity contribution is -0.136. The number of aliphatic carboxylic acids is 1. The molecule has 0 unspecified atom stereocenters. The van der Waals surface area contributed by atoms with Crippen LogP contribution in [-0.4, -0.2) is 24.2 Å². The Kier molecular flexibility index (Phi) is 4.66. The number of rotatable bonds is 5. The van der Waals surface area contributed by atoms with Gasteiger partial charge in [0, 0.05) is 5.39 Å². The second-order valence-electron chi connectivity index (χ2n) is 5.46. The van der Waals surface area contributed by atoms with Crippen LogP contribution in [0.15, 0.2) is 60.7 Å². The van der Waals surface area contributed by atoms with Crippen LogP contribution in [0.2, 0.25) is 0 Å². The van der Waals surface area contributed by atoms with E-state index in [9.17, 15) is 14.7 Å². The molecule has 5 nitrogen and oxygen atoms in total. The van der Waals surface area contributed by atoms with Crippen LogP contribution in [0.4, 0.5) is 0 Å². The van der Waals surface area contributed by atoms with Gasteiger partial charge in [-0.2, -0.15) is 0 Å². The minimum absolute atomic E-state index is 0.198. The van der Waals surface area contributed by atoms with E-state index in [2.05, 4.69) is 0 Å². The summed E-state index contributed by atoms with van der Waals surface area (Å²) in [6, 6.07) is 17.8. The number of carboxylic acids is 1. The van der Waals surface area contributed by atoms with Crippen molar-refractivity contribution in [3.8, 4) is 11.5 Å². The molecule has 3 rings (SSSR count). The largest absolute Gasteiger partial charge is 0.481 e. The van der Waals surface area contributed by atoms with Gasteiger partial charge in [-0.1, -0.05) is 30.3 Å². The van der Waals surface area contributed by atoms with E-state index in [-0.39, 0.29) is 12.0 Å². The Balaban J connectivity index is 2.17. The molecule has 0 amide bonds. The first-order valence-electron chi connectivity index (χ1n) is 7.67. The van der Waals surface area contributed by atoms with Gasteiger partial charge < -0.3 is 14.6 Å². The summed E-state index contributed by atoms with van der Waals surface area (Å²) < 4.78 is 10.7. The van der Waals surface area contributed by atoms with Crippen molar-refractivity contribution in [2.45, 2.75) is 6.42 Å². The molecule has 0 atom stereocenters. The van der Waals surface area contributed by atoms with Gasteiger partial charge in [-0.05, 0) is 41.3 Å². The number of fused-ring (bicyclic) bond motifs is 1. The standard InChI is InChI=1S/C20H16O5/c1-24-20(23)14-10-13(12-19(21)22)16-8-5-9-18(17(16)11-14)25-15-6-3-2-4-7-15/h2-11H,12H2,1H3,(H,21,22). The van der Waals surface area contributed by atoms with Gasteiger partial charge in [-0.25, -0.2) is 4.79 Å². The van der Waals surface area contributed by atoms with E-state index in [1.165, 1.54) is 7.11 Å². The van der Waals surface area contributed by atoms with Crippen LogP contribution in [0.5, 0.6) is 11.5 Å². The first kappa shape index (κ1) is 16.5. The highest BCUT2D eigenvalue weighted by molar-refractivity contribution is 6.00. The Labute approximate surface area is 144 Å². The van der Waals surface area contributed by atoms with Crippen LogP contribution >= 0.6 is 0 Å². The molecule has 126 valence electrons. The van der Waals surface area contributed by atoms with Crippen molar-refractivity contribution < 1.29 is 24.2 Å². The zero-order chi connectivity index (χ0) is 17.8. The third kappa shape index (κ3) is 3.61. The van der Waals surface area contributed by atoms with Crippen molar-refractivity contribution in [2.24, 2.45) is 0 Å². The maximum atomic E-state index is 12.0. The third-order valence-corrected chi connectivity index (χ3v) is 3.78. The van der Waals surface area contributed by atoms with E-state index in [4.69, 9.17) is 9.47 Å². The number of methoxy groups -OCH3 is 1. The second-order valence-corrected chi connectivity index (χ2v) is 5.46. The number of carboxylic acid groups (broad SMARTS) is 1. The monoisotopic (exact) mass is 336 g/mol. The molecule has 0 fully saturated rings. The zero-order valence-corrected chi connectivity index (χ0v) is 13.6. The fourth-order valence-corrected chi connectivity index (χ4v) is 2.68. The molecular weight excluding hydrogens is 320 g/mol. The van der Waals surface area contributed by atoms with Crippen molar-refractivity contribution in [1.82, 2.24) is 0 Å². The van der Waals surface area contributed by atoms with E-state index < -0.39 is 11.9 Å². The molecule has 0 aliphatic heterocycles. The van der Waals surface area contributed by atoms with E-state index in [1.807, 2.05) is 36.4 Å². The summed E-state index contributed by atoms with van der Waals surface area (Å²) in [6.45, 7) is 0. The molecule has 0 saturated carbocycles. The highest BCUT2D eigenvalue weighted by Gasteiger charge is 2.15. The summed E-state index contributed by atoms with van der Waals surface area (Å²) in [5, 5.41) is 10.6. The fourth-order valence-electron chi connectivity index (χ4n) is 2.68. The van der Waals surface area contributed by atoms with E-state index >= 15 is 0 Å². The summed E-state index contributed by atoms with van der Waals surface area (Å²) >= 11 is 0. The van der Waals surface area contributed by atoms with Gasteiger partial charge in [0.1, 0.15) is 11.5 Å². The average Bonchev–Trinajstić information content (AvgIpc) is 2.62. The van der Waals surface area contributed by atoms with Crippen molar-refractivity contribution in [2.75, 3.05) is 7.11 Å². The van der Waals surface area contributed by atoms with Crippen molar-refractivity contribution in [3.05, 3.63) is 71.8 Å². The number of hydrogen-bond acceptors (Lipinski definition) is 4. The fraction of sp³-hybridized carbons (Fsp3) is 0.100. The zero-order valence-electron chi connectivity index (χ0n) is 13.6. The minimum Gasteiger partial charge on any atom is -0.481 e. The Morgan fingerprint density at radius 3 is 2.40 bits per heavy atom. The van der Waals surface area contributed by atoms with Crippen LogP contribution in [0, 0.1) is 0 Å². The van der Waals surface area contributed by atoms with Crippen LogP contribution < -0.4 is 4.74 Å². The quantitative estimate of drug-likeness (QED) is 0.712. The molecule has 0 radical (unpaired) electrons. The summed E-state index contributed by atoms with van der Waals surface area (Å²) in [7, 11) is 1.29. The average molecular weight is 336 g/mol. The normalized spacial score (nSPS) is 10.4. The molecule has 0 aromatic heterocycles. The van der Waals surface area contributed by atoms with Crippen LogP contribution in [0.1, 0.15) is 15.9 Å². The molecule has 0 saturated heterocycles. The molecular formula is C20H16O5. The number of hydrogen-bond donors (Lipinski definition) is 1. The SMILES string of the molecule is COC(=O)c1cc(CC(=O)O)c2cccc(Oc3ccccc3)c2c1. The molecule has 5 heteroatoms. The molecule has 0 spiro atoms. The highest BCUT2D eigenvalue weighted by atomic mass is 16.5. The van der Waals surface area contributed by atoms with Crippen molar-refractivity contribution in [3.63, 3.8) is 0 Å². The molecule has 0 heterocycles. The lowest BCUT2D eigenvalue weighted by Gasteiger charge is -2.13. The first-order chi connectivity index (χ1) is 12.1. The molecule has 0 bridgehead atoms. The summed E-state index contributed by atoms with van der Waals surface area (Å²) in [6.07, 6.45) is -0.198. The molecule has 1 N–H and O–H groups in total. The lowest BCUT2D eigenvalue weighted by Crippen LogP contribution is -2.06. The minimum atomic E-state index is -0.974. The van der Waals surface area contributed by atoms with Crippen molar-refractivity contribution >= 4 is 22.7 Å². The Morgan fingerprint density at radius 1 is 0.960 bits per heavy atom. The predicted molar refractivity (Wildman–Crippen MR) is 93.1 cm³/mol. The summed E-state index contributed by atoms with van der Waals surface area (Å²) in [5.74, 6) is -0.305. The number of benzene rings is 3. The van der Waals surface area contributed by atoms with Gasteiger partial charge in [0.2, 0.25) is 0 Å². The molecule has 25 heavy (non-hydrogen) atoms. The van der Waals surface area contributed by atoms with Gasteiger partial charge in [0.25, 0.3) is 0 Å². The highest BCUT2D eigenvalue weighted by Crippen LogP contribution is 2.33. The number of ether oxygens (including phenoxy) is 2. The molecule has 3 aromatic rings. The molecule has 3 aromatic carbocycles. The van der Waals surface area contributed by atoms with Gasteiger partial charge in [-0.15, -0.1) is 0 Å². The number of para-hydroxylation sites is 1. The summed E-state index contributed by atoms with van der Waals surface area (Å²) in [5.41, 5.74) is 0.819. The Bertz CT molecular complexity index is 931. The third-order valence-electron chi connectivity index (χ3n) is 3.78. The van der Waals surface area contributed by atoms with E-state index in [1.54, 1.807) is 24.3 Å². The van der Waals surface area contributed by atoms with Gasteiger partial charge in [0.15, 0.2) is 0 Å². The second kappa shape index (κ2) is 7.05. The Hall–Kier alpha value is -3.34. The van der Waals surface area contributed by atoms with Gasteiger partial charge >= 0.3 is 11.9 Å². The smallest absolute Gasteiger partial charge is 0.337 e. The maximum Gasteiger partial charge on any atom is 0.337 e. The summed E-state index contributed by atoms with van der Waals surface area (Å²) in [4.78, 5) is 23.1.